The lowest BCUT2D eigenvalue weighted by Gasteiger charge is -2.07. The average molecular weight is 293 g/mol. The lowest BCUT2D eigenvalue weighted by molar-refractivity contribution is -0.136. The van der Waals surface area contributed by atoms with Crippen molar-refractivity contribution in [2.75, 3.05) is 11.5 Å². The molecule has 19 heavy (non-hydrogen) atoms. The SMILES string of the molecule is CCSC(SCC)=C1C(=O)ON=C1c1ccccc1. The van der Waals surface area contributed by atoms with E-state index in [9.17, 15) is 4.79 Å². The fourth-order valence-electron chi connectivity index (χ4n) is 1.70. The van der Waals surface area contributed by atoms with Crippen LogP contribution in [0.15, 0.2) is 45.3 Å². The summed E-state index contributed by atoms with van der Waals surface area (Å²) in [7, 11) is 0. The van der Waals surface area contributed by atoms with Crippen LogP contribution in [0.4, 0.5) is 0 Å². The fourth-order valence-corrected chi connectivity index (χ4v) is 3.91. The topological polar surface area (TPSA) is 38.7 Å². The molecule has 0 fully saturated rings. The molecule has 1 aromatic carbocycles. The fraction of sp³-hybridized carbons (Fsp3) is 0.286. The zero-order chi connectivity index (χ0) is 13.7. The first-order valence-electron chi connectivity index (χ1n) is 6.12. The van der Waals surface area contributed by atoms with E-state index >= 15 is 0 Å². The van der Waals surface area contributed by atoms with Gasteiger partial charge in [-0.25, -0.2) is 4.79 Å². The third kappa shape index (κ3) is 3.22. The molecule has 0 saturated heterocycles. The Morgan fingerprint density at radius 3 is 2.37 bits per heavy atom. The Morgan fingerprint density at radius 1 is 1.16 bits per heavy atom. The van der Waals surface area contributed by atoms with E-state index in [1.54, 1.807) is 23.5 Å². The average Bonchev–Trinajstić information content (AvgIpc) is 2.81. The molecule has 0 spiro atoms. The van der Waals surface area contributed by atoms with E-state index in [0.29, 0.717) is 11.3 Å². The molecule has 0 atom stereocenters. The minimum absolute atomic E-state index is 0.351. The number of thioether (sulfide) groups is 2. The molecule has 3 nitrogen and oxygen atoms in total. The molecule has 0 aromatic heterocycles. The third-order valence-corrected chi connectivity index (χ3v) is 4.68. The van der Waals surface area contributed by atoms with Crippen LogP contribution in [-0.2, 0) is 9.63 Å². The Kier molecular flexibility index (Phi) is 5.10. The van der Waals surface area contributed by atoms with Crippen LogP contribution in [0, 0.1) is 0 Å². The van der Waals surface area contributed by atoms with E-state index in [0.717, 1.165) is 21.3 Å². The van der Waals surface area contributed by atoms with Crippen molar-refractivity contribution in [1.29, 1.82) is 0 Å². The molecule has 0 amide bonds. The Balaban J connectivity index is 2.43. The van der Waals surface area contributed by atoms with Crippen LogP contribution in [0.2, 0.25) is 0 Å². The van der Waals surface area contributed by atoms with Crippen LogP contribution in [0.5, 0.6) is 0 Å². The number of hydrogen-bond donors (Lipinski definition) is 0. The Hall–Kier alpha value is -1.20. The quantitative estimate of drug-likeness (QED) is 0.613. The van der Waals surface area contributed by atoms with Crippen molar-refractivity contribution in [3.8, 4) is 0 Å². The second-order valence-corrected chi connectivity index (χ2v) is 6.52. The molecule has 0 N–H and O–H groups in total. The van der Waals surface area contributed by atoms with Crippen LogP contribution in [0.25, 0.3) is 0 Å². The standard InChI is InChI=1S/C14H15NO2S2/c1-3-18-14(19-4-2)11-12(15-17-13(11)16)10-8-6-5-7-9-10/h5-9H,3-4H2,1-2H3. The third-order valence-electron chi connectivity index (χ3n) is 2.46. The number of rotatable bonds is 5. The molecule has 1 aliphatic heterocycles. The van der Waals surface area contributed by atoms with Crippen LogP contribution < -0.4 is 0 Å². The van der Waals surface area contributed by atoms with Crippen molar-refractivity contribution < 1.29 is 9.63 Å². The van der Waals surface area contributed by atoms with E-state index in [2.05, 4.69) is 19.0 Å². The summed E-state index contributed by atoms with van der Waals surface area (Å²) in [5, 5.41) is 3.94. The lowest BCUT2D eigenvalue weighted by atomic mass is 10.0. The van der Waals surface area contributed by atoms with Crippen LogP contribution in [0.1, 0.15) is 19.4 Å². The maximum Gasteiger partial charge on any atom is 0.369 e. The number of carbonyl (C=O) groups excluding carboxylic acids is 1. The highest BCUT2D eigenvalue weighted by molar-refractivity contribution is 8.22. The monoisotopic (exact) mass is 293 g/mol. The molecule has 0 saturated carbocycles. The zero-order valence-electron chi connectivity index (χ0n) is 10.9. The lowest BCUT2D eigenvalue weighted by Crippen LogP contribution is -2.09. The van der Waals surface area contributed by atoms with Crippen molar-refractivity contribution >= 4 is 35.2 Å². The van der Waals surface area contributed by atoms with Crippen molar-refractivity contribution in [2.45, 2.75) is 13.8 Å². The van der Waals surface area contributed by atoms with E-state index in [1.807, 2.05) is 30.3 Å². The van der Waals surface area contributed by atoms with Gasteiger partial charge in [-0.15, -0.1) is 23.5 Å². The molecule has 0 bridgehead atoms. The molecule has 0 radical (unpaired) electrons. The number of nitrogens with zero attached hydrogens (tertiary/aromatic N) is 1. The molecule has 2 rings (SSSR count). The second kappa shape index (κ2) is 6.82. The summed E-state index contributed by atoms with van der Waals surface area (Å²) in [5.41, 5.74) is 2.15. The van der Waals surface area contributed by atoms with Crippen LogP contribution >= 0.6 is 23.5 Å². The smallest absolute Gasteiger partial charge is 0.312 e. The van der Waals surface area contributed by atoms with E-state index < -0.39 is 0 Å². The highest BCUT2D eigenvalue weighted by Gasteiger charge is 2.30. The van der Waals surface area contributed by atoms with E-state index in [-0.39, 0.29) is 5.97 Å². The number of benzene rings is 1. The van der Waals surface area contributed by atoms with Crippen molar-refractivity contribution in [3.05, 3.63) is 45.7 Å². The predicted octanol–water partition coefficient (Wildman–Crippen LogP) is 3.67. The Bertz CT molecular complexity index is 516. The summed E-state index contributed by atoms with van der Waals surface area (Å²) in [6.45, 7) is 4.14. The van der Waals surface area contributed by atoms with Gasteiger partial charge in [0.2, 0.25) is 0 Å². The van der Waals surface area contributed by atoms with Gasteiger partial charge in [0.05, 0.1) is 4.24 Å². The summed E-state index contributed by atoms with van der Waals surface area (Å²) in [6.07, 6.45) is 0. The zero-order valence-corrected chi connectivity index (χ0v) is 12.5. The van der Waals surface area contributed by atoms with Gasteiger partial charge in [0.15, 0.2) is 0 Å². The first kappa shape index (κ1) is 14.2. The van der Waals surface area contributed by atoms with E-state index in [4.69, 9.17) is 4.84 Å². The summed E-state index contributed by atoms with van der Waals surface area (Å²) >= 11 is 3.32. The summed E-state index contributed by atoms with van der Waals surface area (Å²) in [5.74, 6) is 1.48. The normalized spacial score (nSPS) is 14.3. The largest absolute Gasteiger partial charge is 0.369 e. The highest BCUT2D eigenvalue weighted by atomic mass is 32.2. The van der Waals surface area contributed by atoms with Gasteiger partial charge in [-0.1, -0.05) is 49.3 Å². The van der Waals surface area contributed by atoms with Gasteiger partial charge in [0.1, 0.15) is 11.3 Å². The molecule has 1 aliphatic rings. The first-order valence-corrected chi connectivity index (χ1v) is 8.10. The maximum atomic E-state index is 11.9. The molecule has 0 aliphatic carbocycles. The van der Waals surface area contributed by atoms with Gasteiger partial charge in [-0.2, -0.15) is 0 Å². The van der Waals surface area contributed by atoms with Gasteiger partial charge >= 0.3 is 5.97 Å². The van der Waals surface area contributed by atoms with Crippen molar-refractivity contribution in [3.63, 3.8) is 0 Å². The number of hydrogen-bond acceptors (Lipinski definition) is 5. The van der Waals surface area contributed by atoms with Crippen LogP contribution in [0.3, 0.4) is 0 Å². The van der Waals surface area contributed by atoms with Crippen LogP contribution in [-0.4, -0.2) is 23.2 Å². The number of oxime groups is 1. The summed E-state index contributed by atoms with van der Waals surface area (Å²) in [6, 6.07) is 9.67. The molecule has 1 heterocycles. The molecular formula is C14H15NO2S2. The molecule has 1 aromatic rings. The van der Waals surface area contributed by atoms with Gasteiger partial charge in [-0.3, -0.25) is 0 Å². The first-order chi connectivity index (χ1) is 9.27. The van der Waals surface area contributed by atoms with Gasteiger partial charge < -0.3 is 4.84 Å². The second-order valence-electron chi connectivity index (χ2n) is 3.71. The maximum absolute atomic E-state index is 11.9. The van der Waals surface area contributed by atoms with Gasteiger partial charge in [0.25, 0.3) is 0 Å². The summed E-state index contributed by atoms with van der Waals surface area (Å²) < 4.78 is 0.995. The molecular weight excluding hydrogens is 278 g/mol. The predicted molar refractivity (Wildman–Crippen MR) is 82.4 cm³/mol. The number of carbonyl (C=O) groups is 1. The minimum Gasteiger partial charge on any atom is -0.312 e. The molecule has 5 heteroatoms. The van der Waals surface area contributed by atoms with Gasteiger partial charge in [-0.05, 0) is 11.5 Å². The molecule has 0 unspecified atom stereocenters. The van der Waals surface area contributed by atoms with Crippen molar-refractivity contribution in [2.24, 2.45) is 5.16 Å². The Labute approximate surface area is 121 Å². The Morgan fingerprint density at radius 2 is 1.79 bits per heavy atom. The minimum atomic E-state index is -0.351. The molecule has 100 valence electrons. The van der Waals surface area contributed by atoms with Crippen molar-refractivity contribution in [1.82, 2.24) is 0 Å². The van der Waals surface area contributed by atoms with E-state index in [1.165, 1.54) is 0 Å². The highest BCUT2D eigenvalue weighted by Crippen LogP contribution is 2.35. The summed E-state index contributed by atoms with van der Waals surface area (Å²) in [4.78, 5) is 16.8. The van der Waals surface area contributed by atoms with Gasteiger partial charge in [0, 0.05) is 5.56 Å².